The van der Waals surface area contributed by atoms with Gasteiger partial charge in [-0.05, 0) is 26.0 Å². The van der Waals surface area contributed by atoms with Crippen molar-refractivity contribution in [3.8, 4) is 11.4 Å². The highest BCUT2D eigenvalue weighted by Crippen LogP contribution is 2.20. The molecule has 0 bridgehead atoms. The zero-order chi connectivity index (χ0) is 11.1. The first-order chi connectivity index (χ1) is 7.74. The first-order valence-corrected chi connectivity index (χ1v) is 5.08. The summed E-state index contributed by atoms with van der Waals surface area (Å²) in [5.74, 6) is 0.805. The number of hydrogen-bond donors (Lipinski definition) is 2. The summed E-state index contributed by atoms with van der Waals surface area (Å²) in [6.07, 6.45) is 1.76. The molecule has 0 aliphatic carbocycles. The molecule has 5 heteroatoms. The van der Waals surface area contributed by atoms with Crippen molar-refractivity contribution in [3.05, 3.63) is 29.7 Å². The number of aromatic nitrogens is 5. The zero-order valence-electron chi connectivity index (χ0n) is 9.07. The predicted octanol–water partition coefficient (Wildman–Crippen LogP) is 1.96. The zero-order valence-corrected chi connectivity index (χ0v) is 9.07. The molecule has 3 rings (SSSR count). The summed E-state index contributed by atoms with van der Waals surface area (Å²) >= 11 is 0. The third-order valence-electron chi connectivity index (χ3n) is 2.57. The third-order valence-corrected chi connectivity index (χ3v) is 2.57. The average molecular weight is 213 g/mol. The molecule has 16 heavy (non-hydrogen) atoms. The Morgan fingerprint density at radius 3 is 2.75 bits per heavy atom. The molecule has 0 unspecified atom stereocenters. The molecule has 3 aromatic heterocycles. The van der Waals surface area contributed by atoms with Crippen molar-refractivity contribution in [3.63, 3.8) is 0 Å². The van der Waals surface area contributed by atoms with Crippen LogP contribution in [0.3, 0.4) is 0 Å². The van der Waals surface area contributed by atoms with E-state index in [0.717, 1.165) is 33.9 Å². The predicted molar refractivity (Wildman–Crippen MR) is 60.9 cm³/mol. The molecule has 3 heterocycles. The topological polar surface area (TPSA) is 70.2 Å². The molecule has 0 spiro atoms. The van der Waals surface area contributed by atoms with Crippen molar-refractivity contribution in [1.82, 2.24) is 25.1 Å². The van der Waals surface area contributed by atoms with Crippen molar-refractivity contribution in [2.45, 2.75) is 13.8 Å². The van der Waals surface area contributed by atoms with E-state index < -0.39 is 0 Å². The number of pyridine rings is 1. The van der Waals surface area contributed by atoms with Crippen LogP contribution in [0.5, 0.6) is 0 Å². The number of nitrogens with zero attached hydrogens (tertiary/aromatic N) is 3. The van der Waals surface area contributed by atoms with Crippen LogP contribution >= 0.6 is 0 Å². The molecular weight excluding hydrogens is 202 g/mol. The first kappa shape index (κ1) is 9.08. The summed E-state index contributed by atoms with van der Waals surface area (Å²) in [7, 11) is 0. The van der Waals surface area contributed by atoms with Crippen LogP contribution in [0.25, 0.3) is 22.6 Å². The van der Waals surface area contributed by atoms with Gasteiger partial charge >= 0.3 is 0 Å². The van der Waals surface area contributed by atoms with E-state index in [1.165, 1.54) is 0 Å². The molecule has 5 nitrogen and oxygen atoms in total. The Morgan fingerprint density at radius 1 is 1.12 bits per heavy atom. The standard InChI is InChI=1S/C11H11N5/c1-6-3-4-9-11(13-6)15-10(14-9)8-5-12-16-7(8)2/h3-5H,1-2H3,(H,12,16)(H,13,14,15). The lowest BCUT2D eigenvalue weighted by atomic mass is 10.2. The number of nitrogens with one attached hydrogen (secondary N) is 2. The number of rotatable bonds is 1. The van der Waals surface area contributed by atoms with Gasteiger partial charge in [-0.3, -0.25) is 5.10 Å². The number of fused-ring (bicyclic) bond motifs is 1. The van der Waals surface area contributed by atoms with Crippen LogP contribution in [0.4, 0.5) is 0 Å². The lowest BCUT2D eigenvalue weighted by Gasteiger charge is -1.90. The Labute approximate surface area is 91.9 Å². The van der Waals surface area contributed by atoms with Gasteiger partial charge < -0.3 is 4.98 Å². The molecule has 0 aliphatic heterocycles. The lowest BCUT2D eigenvalue weighted by molar-refractivity contribution is 1.05. The third kappa shape index (κ3) is 1.29. The molecule has 0 aromatic carbocycles. The van der Waals surface area contributed by atoms with Gasteiger partial charge in [0.15, 0.2) is 5.65 Å². The summed E-state index contributed by atoms with van der Waals surface area (Å²) < 4.78 is 0. The minimum absolute atomic E-state index is 0.746. The number of aryl methyl sites for hydroxylation is 2. The molecule has 2 N–H and O–H groups in total. The average Bonchev–Trinajstić information content (AvgIpc) is 2.82. The second-order valence-corrected chi connectivity index (χ2v) is 3.82. The lowest BCUT2D eigenvalue weighted by Crippen LogP contribution is -1.81. The van der Waals surface area contributed by atoms with Gasteiger partial charge in [-0.15, -0.1) is 0 Å². The summed E-state index contributed by atoms with van der Waals surface area (Å²) in [5.41, 5.74) is 4.64. The van der Waals surface area contributed by atoms with Crippen LogP contribution in [-0.4, -0.2) is 25.1 Å². The molecular formula is C11H11N5. The highest BCUT2D eigenvalue weighted by atomic mass is 15.1. The second kappa shape index (κ2) is 3.16. The molecule has 0 aliphatic rings. The largest absolute Gasteiger partial charge is 0.336 e. The van der Waals surface area contributed by atoms with Gasteiger partial charge in [0.05, 0.1) is 17.3 Å². The van der Waals surface area contributed by atoms with Crippen molar-refractivity contribution in [1.29, 1.82) is 0 Å². The smallest absolute Gasteiger partial charge is 0.178 e. The highest BCUT2D eigenvalue weighted by Gasteiger charge is 2.09. The van der Waals surface area contributed by atoms with Gasteiger partial charge in [0.25, 0.3) is 0 Å². The molecule has 0 saturated carbocycles. The van der Waals surface area contributed by atoms with Crippen molar-refractivity contribution in [2.24, 2.45) is 0 Å². The molecule has 0 radical (unpaired) electrons. The van der Waals surface area contributed by atoms with Crippen LogP contribution in [-0.2, 0) is 0 Å². The van der Waals surface area contributed by atoms with E-state index in [1.54, 1.807) is 6.20 Å². The van der Waals surface area contributed by atoms with Crippen LogP contribution in [0, 0.1) is 13.8 Å². The van der Waals surface area contributed by atoms with E-state index in [9.17, 15) is 0 Å². The minimum Gasteiger partial charge on any atom is -0.336 e. The maximum Gasteiger partial charge on any atom is 0.178 e. The van der Waals surface area contributed by atoms with Gasteiger partial charge in [-0.1, -0.05) is 0 Å². The molecule has 0 atom stereocenters. The SMILES string of the molecule is Cc1ccc2[nH]c(-c3cn[nH]c3C)nc2n1. The number of H-pyrrole nitrogens is 2. The van der Waals surface area contributed by atoms with E-state index in [2.05, 4.69) is 25.1 Å². The van der Waals surface area contributed by atoms with Crippen LogP contribution in [0.15, 0.2) is 18.3 Å². The number of aromatic amines is 2. The Morgan fingerprint density at radius 2 is 2.00 bits per heavy atom. The normalized spacial score (nSPS) is 11.1. The van der Waals surface area contributed by atoms with Gasteiger partial charge in [0.1, 0.15) is 5.82 Å². The summed E-state index contributed by atoms with van der Waals surface area (Å²) in [6, 6.07) is 3.95. The fourth-order valence-electron chi connectivity index (χ4n) is 1.70. The van der Waals surface area contributed by atoms with Crippen molar-refractivity contribution < 1.29 is 0 Å². The first-order valence-electron chi connectivity index (χ1n) is 5.08. The maximum absolute atomic E-state index is 4.45. The number of imidazole rings is 1. The minimum atomic E-state index is 0.746. The Balaban J connectivity index is 2.23. The molecule has 3 aromatic rings. The monoisotopic (exact) mass is 213 g/mol. The fourth-order valence-corrected chi connectivity index (χ4v) is 1.70. The summed E-state index contributed by atoms with van der Waals surface area (Å²) in [5, 5.41) is 6.87. The second-order valence-electron chi connectivity index (χ2n) is 3.82. The highest BCUT2D eigenvalue weighted by molar-refractivity contribution is 5.76. The van der Waals surface area contributed by atoms with Gasteiger partial charge in [-0.2, -0.15) is 5.10 Å². The van der Waals surface area contributed by atoms with E-state index in [1.807, 2.05) is 26.0 Å². The molecule has 0 saturated heterocycles. The Bertz CT molecular complexity index is 649. The van der Waals surface area contributed by atoms with Gasteiger partial charge in [0, 0.05) is 11.4 Å². The van der Waals surface area contributed by atoms with E-state index in [4.69, 9.17) is 0 Å². The van der Waals surface area contributed by atoms with Gasteiger partial charge in [-0.25, -0.2) is 9.97 Å². The van der Waals surface area contributed by atoms with Gasteiger partial charge in [0.2, 0.25) is 0 Å². The molecule has 80 valence electrons. The fraction of sp³-hybridized carbons (Fsp3) is 0.182. The molecule has 0 amide bonds. The molecule has 0 fully saturated rings. The van der Waals surface area contributed by atoms with Crippen molar-refractivity contribution >= 4 is 11.2 Å². The summed E-state index contributed by atoms with van der Waals surface area (Å²) in [6.45, 7) is 3.92. The van der Waals surface area contributed by atoms with Crippen LogP contribution in [0.2, 0.25) is 0 Å². The van der Waals surface area contributed by atoms with Crippen LogP contribution in [0.1, 0.15) is 11.4 Å². The summed E-state index contributed by atoms with van der Waals surface area (Å²) in [4.78, 5) is 12.0. The quantitative estimate of drug-likeness (QED) is 0.649. The van der Waals surface area contributed by atoms with E-state index >= 15 is 0 Å². The maximum atomic E-state index is 4.45. The number of hydrogen-bond acceptors (Lipinski definition) is 3. The van der Waals surface area contributed by atoms with Crippen LogP contribution < -0.4 is 0 Å². The van der Waals surface area contributed by atoms with E-state index in [0.29, 0.717) is 0 Å². The van der Waals surface area contributed by atoms with E-state index in [-0.39, 0.29) is 0 Å². The Hall–Kier alpha value is -2.17. The Kier molecular flexibility index (Phi) is 1.80. The van der Waals surface area contributed by atoms with Crippen molar-refractivity contribution in [2.75, 3.05) is 0 Å².